The summed E-state index contributed by atoms with van der Waals surface area (Å²) < 4.78 is 0. The Bertz CT molecular complexity index is 509. The van der Waals surface area contributed by atoms with Gasteiger partial charge in [-0.3, -0.25) is 10.1 Å². The van der Waals surface area contributed by atoms with E-state index in [4.69, 9.17) is 0 Å². The lowest BCUT2D eigenvalue weighted by atomic mass is 9.79. The molecule has 1 saturated carbocycles. The summed E-state index contributed by atoms with van der Waals surface area (Å²) in [6.07, 6.45) is 3.88. The van der Waals surface area contributed by atoms with Gasteiger partial charge in [0.25, 0.3) is 0 Å². The zero-order valence-electron chi connectivity index (χ0n) is 12.6. The SMILES string of the molecule is Cc1ccccc1C1NC(C)C(=O)N1C(C)C1CCC1. The van der Waals surface area contributed by atoms with E-state index in [9.17, 15) is 4.79 Å². The predicted molar refractivity (Wildman–Crippen MR) is 80.2 cm³/mol. The number of rotatable bonds is 3. The van der Waals surface area contributed by atoms with E-state index in [1.807, 2.05) is 6.92 Å². The largest absolute Gasteiger partial charge is 0.319 e. The van der Waals surface area contributed by atoms with E-state index in [1.54, 1.807) is 0 Å². The van der Waals surface area contributed by atoms with Crippen molar-refractivity contribution in [1.29, 1.82) is 0 Å². The van der Waals surface area contributed by atoms with E-state index in [0.29, 0.717) is 12.0 Å². The maximum Gasteiger partial charge on any atom is 0.241 e. The Balaban J connectivity index is 1.91. The number of nitrogens with zero attached hydrogens (tertiary/aromatic N) is 1. The molecule has 1 aromatic carbocycles. The van der Waals surface area contributed by atoms with Crippen molar-refractivity contribution in [2.45, 2.75) is 58.3 Å². The fraction of sp³-hybridized carbons (Fsp3) is 0.588. The highest BCUT2D eigenvalue weighted by Crippen LogP contribution is 2.37. The Morgan fingerprint density at radius 3 is 2.60 bits per heavy atom. The normalized spacial score (nSPS) is 28.6. The molecule has 3 atom stereocenters. The number of hydrogen-bond acceptors (Lipinski definition) is 2. The topological polar surface area (TPSA) is 32.3 Å². The number of carbonyl (C=O) groups is 1. The molecule has 3 heteroatoms. The van der Waals surface area contributed by atoms with Crippen molar-refractivity contribution in [3.63, 3.8) is 0 Å². The molecule has 2 aliphatic rings. The Labute approximate surface area is 121 Å². The van der Waals surface area contributed by atoms with E-state index in [0.717, 1.165) is 0 Å². The fourth-order valence-electron chi connectivity index (χ4n) is 3.46. The van der Waals surface area contributed by atoms with Crippen molar-refractivity contribution in [2.24, 2.45) is 5.92 Å². The average Bonchev–Trinajstić information content (AvgIpc) is 2.64. The van der Waals surface area contributed by atoms with E-state index in [-0.39, 0.29) is 18.1 Å². The molecule has 0 aromatic heterocycles. The van der Waals surface area contributed by atoms with Crippen molar-refractivity contribution < 1.29 is 4.79 Å². The van der Waals surface area contributed by atoms with Crippen LogP contribution in [0.4, 0.5) is 0 Å². The molecule has 20 heavy (non-hydrogen) atoms. The molecule has 1 N–H and O–H groups in total. The van der Waals surface area contributed by atoms with Crippen LogP contribution in [-0.4, -0.2) is 22.9 Å². The fourth-order valence-corrected chi connectivity index (χ4v) is 3.46. The lowest BCUT2D eigenvalue weighted by Crippen LogP contribution is -2.44. The minimum atomic E-state index is -0.0814. The Hall–Kier alpha value is -1.35. The summed E-state index contributed by atoms with van der Waals surface area (Å²) in [7, 11) is 0. The number of benzene rings is 1. The highest BCUT2D eigenvalue weighted by molar-refractivity contribution is 5.84. The second-order valence-corrected chi connectivity index (χ2v) is 6.32. The van der Waals surface area contributed by atoms with Gasteiger partial charge in [0.15, 0.2) is 0 Å². The third-order valence-corrected chi connectivity index (χ3v) is 5.06. The molecule has 1 saturated heterocycles. The van der Waals surface area contributed by atoms with Gasteiger partial charge in [-0.25, -0.2) is 0 Å². The molecule has 3 unspecified atom stereocenters. The van der Waals surface area contributed by atoms with Crippen LogP contribution in [0.3, 0.4) is 0 Å². The number of nitrogens with one attached hydrogen (secondary N) is 1. The molecular formula is C17H24N2O. The van der Waals surface area contributed by atoms with Crippen LogP contribution in [0.15, 0.2) is 24.3 Å². The van der Waals surface area contributed by atoms with Crippen molar-refractivity contribution in [2.75, 3.05) is 0 Å². The Morgan fingerprint density at radius 1 is 1.30 bits per heavy atom. The number of aryl methyl sites for hydroxylation is 1. The first-order chi connectivity index (χ1) is 9.59. The molecule has 1 aliphatic carbocycles. The first-order valence-corrected chi connectivity index (χ1v) is 7.73. The van der Waals surface area contributed by atoms with Crippen LogP contribution in [0.5, 0.6) is 0 Å². The van der Waals surface area contributed by atoms with Gasteiger partial charge >= 0.3 is 0 Å². The maximum atomic E-state index is 12.5. The summed E-state index contributed by atoms with van der Waals surface area (Å²) in [5.41, 5.74) is 2.48. The number of carbonyl (C=O) groups excluding carboxylic acids is 1. The van der Waals surface area contributed by atoms with Crippen LogP contribution < -0.4 is 5.32 Å². The third kappa shape index (κ3) is 2.14. The standard InChI is InChI=1S/C17H24N2O/c1-11-7-4-5-10-15(11)16-18-12(2)17(20)19(16)13(3)14-8-6-9-14/h4-5,7,10,12-14,16,18H,6,8-9H2,1-3H3. The summed E-state index contributed by atoms with van der Waals surface area (Å²) in [5, 5.41) is 3.47. The quantitative estimate of drug-likeness (QED) is 0.917. The third-order valence-electron chi connectivity index (χ3n) is 5.06. The Morgan fingerprint density at radius 2 is 2.00 bits per heavy atom. The highest BCUT2D eigenvalue weighted by Gasteiger charge is 2.43. The first kappa shape index (κ1) is 13.6. The van der Waals surface area contributed by atoms with Crippen LogP contribution in [0.2, 0.25) is 0 Å². The number of amides is 1. The van der Waals surface area contributed by atoms with Crippen molar-refractivity contribution in [3.8, 4) is 0 Å². The molecule has 108 valence electrons. The van der Waals surface area contributed by atoms with Crippen LogP contribution >= 0.6 is 0 Å². The molecule has 0 spiro atoms. The van der Waals surface area contributed by atoms with Gasteiger partial charge < -0.3 is 4.90 Å². The molecule has 1 heterocycles. The van der Waals surface area contributed by atoms with Gasteiger partial charge in [-0.1, -0.05) is 30.7 Å². The Kier molecular flexibility index (Phi) is 3.55. The maximum absolute atomic E-state index is 12.5. The monoisotopic (exact) mass is 272 g/mol. The molecule has 3 nitrogen and oxygen atoms in total. The van der Waals surface area contributed by atoms with E-state index in [1.165, 1.54) is 30.4 Å². The predicted octanol–water partition coefficient (Wildman–Crippen LogP) is 3.00. The van der Waals surface area contributed by atoms with Crippen LogP contribution in [-0.2, 0) is 4.79 Å². The second kappa shape index (κ2) is 5.21. The van der Waals surface area contributed by atoms with Gasteiger partial charge in [0.2, 0.25) is 5.91 Å². The molecule has 2 fully saturated rings. The minimum Gasteiger partial charge on any atom is -0.319 e. The minimum absolute atomic E-state index is 0.0364. The summed E-state index contributed by atoms with van der Waals surface area (Å²) in [4.78, 5) is 14.6. The van der Waals surface area contributed by atoms with Crippen LogP contribution in [0, 0.1) is 12.8 Å². The summed E-state index contributed by atoms with van der Waals surface area (Å²) in [6, 6.07) is 8.62. The summed E-state index contributed by atoms with van der Waals surface area (Å²) >= 11 is 0. The van der Waals surface area contributed by atoms with Crippen molar-refractivity contribution >= 4 is 5.91 Å². The van der Waals surface area contributed by atoms with E-state index < -0.39 is 0 Å². The zero-order valence-corrected chi connectivity index (χ0v) is 12.6. The van der Waals surface area contributed by atoms with Gasteiger partial charge in [-0.2, -0.15) is 0 Å². The zero-order chi connectivity index (χ0) is 14.3. The molecule has 3 rings (SSSR count). The van der Waals surface area contributed by atoms with E-state index in [2.05, 4.69) is 48.3 Å². The lowest BCUT2D eigenvalue weighted by Gasteiger charge is -2.40. The van der Waals surface area contributed by atoms with Gasteiger partial charge in [0, 0.05) is 6.04 Å². The molecule has 1 aliphatic heterocycles. The molecule has 1 amide bonds. The summed E-state index contributed by atoms with van der Waals surface area (Å²) in [6.45, 7) is 6.31. The smallest absolute Gasteiger partial charge is 0.241 e. The second-order valence-electron chi connectivity index (χ2n) is 6.32. The van der Waals surface area contributed by atoms with Crippen molar-refractivity contribution in [1.82, 2.24) is 10.2 Å². The first-order valence-electron chi connectivity index (χ1n) is 7.73. The van der Waals surface area contributed by atoms with Gasteiger partial charge in [0.1, 0.15) is 6.17 Å². The van der Waals surface area contributed by atoms with Crippen LogP contribution in [0.1, 0.15) is 50.4 Å². The van der Waals surface area contributed by atoms with Gasteiger partial charge in [0.05, 0.1) is 6.04 Å². The van der Waals surface area contributed by atoms with Gasteiger partial charge in [-0.15, -0.1) is 0 Å². The van der Waals surface area contributed by atoms with Crippen LogP contribution in [0.25, 0.3) is 0 Å². The number of hydrogen-bond donors (Lipinski definition) is 1. The van der Waals surface area contributed by atoms with Gasteiger partial charge in [-0.05, 0) is 50.7 Å². The molecule has 1 aromatic rings. The van der Waals surface area contributed by atoms with E-state index >= 15 is 0 Å². The highest BCUT2D eigenvalue weighted by atomic mass is 16.2. The summed E-state index contributed by atoms with van der Waals surface area (Å²) in [5.74, 6) is 0.926. The lowest BCUT2D eigenvalue weighted by molar-refractivity contribution is -0.133. The van der Waals surface area contributed by atoms with Crippen molar-refractivity contribution in [3.05, 3.63) is 35.4 Å². The average molecular weight is 272 g/mol. The molecule has 0 bridgehead atoms. The molecular weight excluding hydrogens is 248 g/mol. The molecule has 0 radical (unpaired) electrons.